The lowest BCUT2D eigenvalue weighted by atomic mass is 9.85. The van der Waals surface area contributed by atoms with Crippen molar-refractivity contribution < 1.29 is 9.90 Å². The lowest BCUT2D eigenvalue weighted by molar-refractivity contribution is -0.132. The van der Waals surface area contributed by atoms with Gasteiger partial charge in [0, 0.05) is 48.2 Å². The molecule has 6 heteroatoms. The van der Waals surface area contributed by atoms with Crippen LogP contribution in [0.5, 0.6) is 0 Å². The molecule has 1 aliphatic heterocycles. The van der Waals surface area contributed by atoms with Crippen LogP contribution < -0.4 is 4.90 Å². The Morgan fingerprint density at radius 3 is 2.65 bits per heavy atom. The van der Waals surface area contributed by atoms with Crippen molar-refractivity contribution in [3.63, 3.8) is 0 Å². The summed E-state index contributed by atoms with van der Waals surface area (Å²) >= 11 is 3.19. The third kappa shape index (κ3) is 4.95. The molecule has 0 saturated heterocycles. The summed E-state index contributed by atoms with van der Waals surface area (Å²) in [4.78, 5) is 15.7. The zero-order chi connectivity index (χ0) is 27.6. The highest BCUT2D eigenvalue weighted by Crippen LogP contribution is 2.45. The number of carbonyl (C=O) groups is 1. The largest absolute Gasteiger partial charge is 0.477 e. The minimum atomic E-state index is -1.20. The number of benzene rings is 2. The smallest absolute Gasteiger partial charge is 0.346 e. The van der Waals surface area contributed by atoms with Crippen LogP contribution in [0.2, 0.25) is 0 Å². The van der Waals surface area contributed by atoms with Gasteiger partial charge < -0.3 is 10.0 Å². The van der Waals surface area contributed by atoms with Crippen molar-refractivity contribution in [1.29, 1.82) is 5.26 Å². The number of para-hydroxylation sites is 1. The number of nitriles is 1. The van der Waals surface area contributed by atoms with E-state index in [9.17, 15) is 4.79 Å². The van der Waals surface area contributed by atoms with E-state index < -0.39 is 5.97 Å². The lowest BCUT2D eigenvalue weighted by Crippen LogP contribution is -2.29. The number of carboxylic acids is 1. The van der Waals surface area contributed by atoms with Crippen LogP contribution in [0, 0.1) is 11.3 Å². The molecule has 0 amide bonds. The summed E-state index contributed by atoms with van der Waals surface area (Å²) in [6, 6.07) is 23.4. The van der Waals surface area contributed by atoms with Gasteiger partial charge in [-0.1, -0.05) is 68.0 Å². The Bertz CT molecular complexity index is 1740. The normalized spacial score (nSPS) is 15.8. The quantitative estimate of drug-likeness (QED) is 0.181. The molecule has 0 atom stereocenters. The molecule has 198 valence electrons. The summed E-state index contributed by atoms with van der Waals surface area (Å²) in [6.45, 7) is 3.31. The molecule has 2 aromatic carbocycles. The van der Waals surface area contributed by atoms with Crippen molar-refractivity contribution in [2.45, 2.75) is 32.6 Å². The van der Waals surface area contributed by atoms with Crippen LogP contribution in [0.25, 0.3) is 37.6 Å². The van der Waals surface area contributed by atoms with Crippen LogP contribution in [0.3, 0.4) is 0 Å². The highest BCUT2D eigenvalue weighted by molar-refractivity contribution is 7.29. The Kier molecular flexibility index (Phi) is 7.25. The molecule has 2 aromatic heterocycles. The Morgan fingerprint density at radius 1 is 1.10 bits per heavy atom. The van der Waals surface area contributed by atoms with Crippen LogP contribution in [0.1, 0.15) is 48.6 Å². The standard InChI is InChI=1S/C34H28N2O2S2/c1-2-3-16-36-29-10-6-4-8-26(29)28(27-9-5-7-11-30(27)36)17-22-12-14-23(15-13-22)31-20-33-32(40-31)19-25(39-33)18-24(21-35)34(37)38/h4-6,8-10,12-15,17-20H,2-3,7,11,16H2,1H3,(H,37,38)/b24-18-,28-17-. The van der Waals surface area contributed by atoms with Crippen LogP contribution in [-0.4, -0.2) is 17.6 Å². The van der Waals surface area contributed by atoms with Crippen LogP contribution in [0.4, 0.5) is 5.69 Å². The second-order valence-corrected chi connectivity index (χ2v) is 12.2. The third-order valence-electron chi connectivity index (χ3n) is 7.35. The number of aliphatic carboxylic acids is 1. The maximum atomic E-state index is 11.2. The second-order valence-electron chi connectivity index (χ2n) is 9.97. The predicted octanol–water partition coefficient (Wildman–Crippen LogP) is 9.39. The van der Waals surface area contributed by atoms with E-state index in [0.29, 0.717) is 0 Å². The van der Waals surface area contributed by atoms with E-state index in [1.54, 1.807) is 17.4 Å². The SMILES string of the molecule is CCCCN1C2=C(C=CCC2)/C(=C\c2ccc(-c3cc4sc(/C=C(/C#N)C(=O)O)cc4s3)cc2)c2ccccc21. The molecule has 0 spiro atoms. The van der Waals surface area contributed by atoms with E-state index >= 15 is 0 Å². The number of thiophene rings is 2. The number of carboxylic acid groups (broad SMARTS) is 1. The number of hydrogen-bond acceptors (Lipinski definition) is 5. The van der Waals surface area contributed by atoms with Crippen LogP contribution in [-0.2, 0) is 4.79 Å². The Labute approximate surface area is 242 Å². The fourth-order valence-electron chi connectivity index (χ4n) is 5.39. The van der Waals surface area contributed by atoms with E-state index in [1.165, 1.54) is 68.8 Å². The summed E-state index contributed by atoms with van der Waals surface area (Å²) < 4.78 is 2.19. The first kappa shape index (κ1) is 26.1. The second kappa shape index (κ2) is 11.1. The summed E-state index contributed by atoms with van der Waals surface area (Å²) in [5.41, 5.74) is 8.75. The molecular formula is C34H28N2O2S2. The minimum Gasteiger partial charge on any atom is -0.477 e. The number of nitrogens with zero attached hydrogens (tertiary/aromatic N) is 2. The first-order valence-corrected chi connectivity index (χ1v) is 15.2. The summed E-state index contributed by atoms with van der Waals surface area (Å²) in [6.07, 6.45) is 12.9. The molecule has 40 heavy (non-hydrogen) atoms. The monoisotopic (exact) mass is 560 g/mol. The Morgan fingerprint density at radius 2 is 1.90 bits per heavy atom. The number of rotatable bonds is 7. The van der Waals surface area contributed by atoms with Crippen molar-refractivity contribution in [2.75, 3.05) is 11.4 Å². The average Bonchev–Trinajstić information content (AvgIpc) is 3.55. The molecule has 3 heterocycles. The number of unbranched alkanes of at least 4 members (excludes halogenated alkanes) is 1. The molecular weight excluding hydrogens is 533 g/mol. The van der Waals surface area contributed by atoms with E-state index in [0.717, 1.165) is 39.2 Å². The van der Waals surface area contributed by atoms with Crippen molar-refractivity contribution in [1.82, 2.24) is 0 Å². The van der Waals surface area contributed by atoms with Gasteiger partial charge in [-0.3, -0.25) is 0 Å². The molecule has 6 rings (SSSR count). The van der Waals surface area contributed by atoms with Gasteiger partial charge in [-0.15, -0.1) is 22.7 Å². The van der Waals surface area contributed by atoms with E-state index in [-0.39, 0.29) is 5.57 Å². The van der Waals surface area contributed by atoms with Gasteiger partial charge >= 0.3 is 5.97 Å². The molecule has 4 aromatic rings. The minimum absolute atomic E-state index is 0.250. The Hall–Kier alpha value is -4.18. The van der Waals surface area contributed by atoms with Gasteiger partial charge in [-0.2, -0.15) is 5.26 Å². The fourth-order valence-corrected chi connectivity index (χ4v) is 7.75. The van der Waals surface area contributed by atoms with Crippen molar-refractivity contribution in [3.05, 3.63) is 106 Å². The molecule has 1 N–H and O–H groups in total. The molecule has 0 radical (unpaired) electrons. The highest BCUT2D eigenvalue weighted by Gasteiger charge is 2.28. The fraction of sp³-hybridized carbons (Fsp3) is 0.176. The lowest BCUT2D eigenvalue weighted by Gasteiger charge is -2.37. The van der Waals surface area contributed by atoms with Crippen molar-refractivity contribution >= 4 is 61.5 Å². The maximum absolute atomic E-state index is 11.2. The van der Waals surface area contributed by atoms with Crippen molar-refractivity contribution in [2.24, 2.45) is 0 Å². The van der Waals surface area contributed by atoms with E-state index in [1.807, 2.05) is 6.07 Å². The number of anilines is 1. The molecule has 0 bridgehead atoms. The summed E-state index contributed by atoms with van der Waals surface area (Å²) in [5.74, 6) is -1.20. The molecule has 1 aliphatic carbocycles. The van der Waals surface area contributed by atoms with Gasteiger partial charge in [0.15, 0.2) is 0 Å². The Balaban J connectivity index is 1.31. The van der Waals surface area contributed by atoms with Gasteiger partial charge in [0.1, 0.15) is 11.6 Å². The number of fused-ring (bicyclic) bond motifs is 2. The van der Waals surface area contributed by atoms with Gasteiger partial charge in [0.05, 0.1) is 0 Å². The molecule has 0 saturated carbocycles. The first-order valence-electron chi connectivity index (χ1n) is 13.5. The summed E-state index contributed by atoms with van der Waals surface area (Å²) in [7, 11) is 0. The van der Waals surface area contributed by atoms with E-state index in [2.05, 4.69) is 84.6 Å². The molecule has 0 unspecified atom stereocenters. The molecule has 4 nitrogen and oxygen atoms in total. The van der Waals surface area contributed by atoms with Gasteiger partial charge in [-0.25, -0.2) is 4.79 Å². The molecule has 0 fully saturated rings. The van der Waals surface area contributed by atoms with Gasteiger partial charge in [-0.05, 0) is 66.3 Å². The average molecular weight is 561 g/mol. The van der Waals surface area contributed by atoms with Gasteiger partial charge in [0.25, 0.3) is 0 Å². The summed E-state index contributed by atoms with van der Waals surface area (Å²) in [5, 5.41) is 18.2. The van der Waals surface area contributed by atoms with Gasteiger partial charge in [0.2, 0.25) is 0 Å². The highest BCUT2D eigenvalue weighted by atomic mass is 32.1. The topological polar surface area (TPSA) is 64.3 Å². The number of hydrogen-bond donors (Lipinski definition) is 1. The maximum Gasteiger partial charge on any atom is 0.346 e. The van der Waals surface area contributed by atoms with Crippen LogP contribution in [0.15, 0.2) is 89.7 Å². The first-order chi connectivity index (χ1) is 19.6. The number of allylic oxidation sites excluding steroid dienone is 5. The predicted molar refractivity (Wildman–Crippen MR) is 168 cm³/mol. The van der Waals surface area contributed by atoms with E-state index in [4.69, 9.17) is 10.4 Å². The van der Waals surface area contributed by atoms with Crippen LogP contribution >= 0.6 is 22.7 Å². The zero-order valence-electron chi connectivity index (χ0n) is 22.2. The van der Waals surface area contributed by atoms with Crippen molar-refractivity contribution in [3.8, 4) is 16.5 Å². The molecule has 2 aliphatic rings. The third-order valence-corrected chi connectivity index (χ3v) is 9.64. The zero-order valence-corrected chi connectivity index (χ0v) is 23.8.